The van der Waals surface area contributed by atoms with Crippen LogP contribution < -0.4 is 0 Å². The van der Waals surface area contributed by atoms with Gasteiger partial charge in [0.25, 0.3) is 5.92 Å². The van der Waals surface area contributed by atoms with Gasteiger partial charge < -0.3 is 4.90 Å². The number of fused-ring (bicyclic) bond motifs is 4. The maximum atomic E-state index is 14.9. The highest BCUT2D eigenvalue weighted by molar-refractivity contribution is 5.83. The molecule has 140 valence electrons. The molecule has 2 fully saturated rings. The fraction of sp³-hybridized carbons (Fsp3) is 0.435. The van der Waals surface area contributed by atoms with Gasteiger partial charge in [-0.25, -0.2) is 0 Å². The van der Waals surface area contributed by atoms with Crippen molar-refractivity contribution in [2.45, 2.75) is 51.6 Å². The second-order valence-corrected chi connectivity index (χ2v) is 8.77. The first kappa shape index (κ1) is 16.9. The molecular weight excluding hydrogens is 344 g/mol. The number of hydrogen-bond donors (Lipinski definition) is 0. The highest BCUT2D eigenvalue weighted by Gasteiger charge is 2.67. The first-order chi connectivity index (χ1) is 12.7. The molecule has 4 atom stereocenters. The lowest BCUT2D eigenvalue weighted by atomic mass is 9.99. The zero-order valence-corrected chi connectivity index (χ0v) is 15.8. The van der Waals surface area contributed by atoms with Crippen molar-refractivity contribution in [1.82, 2.24) is 4.90 Å². The molecule has 0 N–H and O–H groups in total. The minimum Gasteiger partial charge on any atom is -0.336 e. The Kier molecular flexibility index (Phi) is 3.24. The van der Waals surface area contributed by atoms with E-state index in [1.807, 2.05) is 11.0 Å². The fourth-order valence-corrected chi connectivity index (χ4v) is 5.64. The molecule has 1 heterocycles. The molecule has 5 rings (SSSR count). The summed E-state index contributed by atoms with van der Waals surface area (Å²) in [5.41, 5.74) is 2.14. The van der Waals surface area contributed by atoms with E-state index in [0.717, 1.165) is 6.42 Å². The first-order valence-electron chi connectivity index (χ1n) is 9.67. The Morgan fingerprint density at radius 3 is 2.56 bits per heavy atom. The second-order valence-electron chi connectivity index (χ2n) is 8.77. The standard InChI is InChI=1S/C23H23F2NO/c1-13-12-22(3)14(2)21(22)26(13)20(27)11-15-8-9-17-16-6-4-5-7-18(16)23(24,25)19(17)10-15/h4-10,13-14,21H,11-12H2,1-3H3/t13?,14?,21?,22-/m1/s1. The Hall–Kier alpha value is -2.23. The lowest BCUT2D eigenvalue weighted by Gasteiger charge is -2.26. The number of amides is 1. The van der Waals surface area contributed by atoms with Gasteiger partial charge in [0, 0.05) is 23.2 Å². The van der Waals surface area contributed by atoms with E-state index < -0.39 is 5.92 Å². The quantitative estimate of drug-likeness (QED) is 0.732. The van der Waals surface area contributed by atoms with Crippen LogP contribution in [0.15, 0.2) is 42.5 Å². The molecule has 27 heavy (non-hydrogen) atoms. The van der Waals surface area contributed by atoms with Crippen molar-refractivity contribution in [2.24, 2.45) is 11.3 Å². The maximum absolute atomic E-state index is 14.9. The topological polar surface area (TPSA) is 20.3 Å². The monoisotopic (exact) mass is 367 g/mol. The van der Waals surface area contributed by atoms with Crippen molar-refractivity contribution in [2.75, 3.05) is 0 Å². The van der Waals surface area contributed by atoms with Crippen molar-refractivity contribution < 1.29 is 13.6 Å². The summed E-state index contributed by atoms with van der Waals surface area (Å²) in [6.45, 7) is 6.54. The second kappa shape index (κ2) is 5.18. The summed E-state index contributed by atoms with van der Waals surface area (Å²) >= 11 is 0. The summed E-state index contributed by atoms with van der Waals surface area (Å²) in [6.07, 6.45) is 1.21. The molecule has 1 saturated carbocycles. The molecule has 0 bridgehead atoms. The van der Waals surface area contributed by atoms with Crippen molar-refractivity contribution in [3.05, 3.63) is 59.2 Å². The van der Waals surface area contributed by atoms with Crippen LogP contribution in [-0.4, -0.2) is 22.9 Å². The van der Waals surface area contributed by atoms with Gasteiger partial charge in [0.1, 0.15) is 0 Å². The van der Waals surface area contributed by atoms with E-state index in [1.165, 1.54) is 12.1 Å². The third kappa shape index (κ3) is 2.13. The van der Waals surface area contributed by atoms with Gasteiger partial charge in [0.2, 0.25) is 5.91 Å². The number of hydrogen-bond acceptors (Lipinski definition) is 1. The van der Waals surface area contributed by atoms with Crippen LogP contribution in [0.1, 0.15) is 43.9 Å². The SMILES string of the molecule is CC1C[C@]2(C)C(C)C2N1C(=O)Cc1ccc2c(c1)C(F)(F)c1ccccc1-2. The average Bonchev–Trinajstić information content (AvgIpc) is 2.92. The van der Waals surface area contributed by atoms with Crippen LogP contribution in [0.2, 0.25) is 0 Å². The molecule has 1 saturated heterocycles. The summed E-state index contributed by atoms with van der Waals surface area (Å²) in [5, 5.41) is 0. The van der Waals surface area contributed by atoms with Crippen molar-refractivity contribution >= 4 is 5.91 Å². The summed E-state index contributed by atoms with van der Waals surface area (Å²) in [6, 6.07) is 12.3. The molecule has 2 nitrogen and oxygen atoms in total. The summed E-state index contributed by atoms with van der Waals surface area (Å²) in [4.78, 5) is 15.0. The molecule has 3 aliphatic rings. The molecule has 1 aliphatic heterocycles. The van der Waals surface area contributed by atoms with Crippen LogP contribution >= 0.6 is 0 Å². The minimum absolute atomic E-state index is 0.0214. The maximum Gasteiger partial charge on any atom is 0.299 e. The third-order valence-corrected chi connectivity index (χ3v) is 7.21. The van der Waals surface area contributed by atoms with E-state index in [9.17, 15) is 13.6 Å². The molecular formula is C23H23F2NO. The Balaban J connectivity index is 1.44. The van der Waals surface area contributed by atoms with E-state index in [4.69, 9.17) is 0 Å². The molecule has 1 amide bonds. The molecule has 2 aromatic carbocycles. The summed E-state index contributed by atoms with van der Waals surface area (Å²) in [7, 11) is 0. The highest BCUT2D eigenvalue weighted by Crippen LogP contribution is 2.63. The molecule has 0 aromatic heterocycles. The number of halogens is 2. The predicted molar refractivity (Wildman–Crippen MR) is 101 cm³/mol. The molecule has 4 heteroatoms. The Morgan fingerprint density at radius 2 is 1.81 bits per heavy atom. The zero-order valence-electron chi connectivity index (χ0n) is 15.8. The number of nitrogens with zero attached hydrogens (tertiary/aromatic N) is 1. The molecule has 2 aromatic rings. The Morgan fingerprint density at radius 1 is 1.11 bits per heavy atom. The van der Waals surface area contributed by atoms with Crippen LogP contribution in [0.4, 0.5) is 8.78 Å². The van der Waals surface area contributed by atoms with Gasteiger partial charge in [-0.2, -0.15) is 8.78 Å². The van der Waals surface area contributed by atoms with Gasteiger partial charge in [-0.3, -0.25) is 4.79 Å². The van der Waals surface area contributed by atoms with Crippen LogP contribution in [-0.2, 0) is 17.1 Å². The van der Waals surface area contributed by atoms with E-state index in [2.05, 4.69) is 20.8 Å². The Bertz CT molecular complexity index is 969. The van der Waals surface area contributed by atoms with Gasteiger partial charge >= 0.3 is 0 Å². The van der Waals surface area contributed by atoms with E-state index in [0.29, 0.717) is 28.7 Å². The van der Waals surface area contributed by atoms with E-state index >= 15 is 0 Å². The zero-order chi connectivity index (χ0) is 19.1. The average molecular weight is 367 g/mol. The van der Waals surface area contributed by atoms with E-state index in [1.54, 1.807) is 24.3 Å². The summed E-state index contributed by atoms with van der Waals surface area (Å²) < 4.78 is 29.8. The number of alkyl halides is 2. The predicted octanol–water partition coefficient (Wildman–Crippen LogP) is 5.00. The van der Waals surface area contributed by atoms with E-state index in [-0.39, 0.29) is 34.9 Å². The summed E-state index contributed by atoms with van der Waals surface area (Å²) in [5.74, 6) is -2.42. The lowest BCUT2D eigenvalue weighted by Crippen LogP contribution is -2.38. The third-order valence-electron chi connectivity index (χ3n) is 7.21. The normalized spacial score (nSPS) is 32.0. The van der Waals surface area contributed by atoms with Crippen molar-refractivity contribution in [1.29, 1.82) is 0 Å². The number of carbonyl (C=O) groups excluding carboxylic acids is 1. The highest BCUT2D eigenvalue weighted by atomic mass is 19.3. The first-order valence-corrected chi connectivity index (χ1v) is 9.67. The van der Waals surface area contributed by atoms with Crippen molar-refractivity contribution in [3.8, 4) is 11.1 Å². The number of benzene rings is 2. The van der Waals surface area contributed by atoms with Crippen LogP contribution in [0.3, 0.4) is 0 Å². The van der Waals surface area contributed by atoms with Crippen LogP contribution in [0.5, 0.6) is 0 Å². The molecule has 2 aliphatic carbocycles. The van der Waals surface area contributed by atoms with Crippen molar-refractivity contribution in [3.63, 3.8) is 0 Å². The number of likely N-dealkylation sites (tertiary alicyclic amines) is 1. The van der Waals surface area contributed by atoms with Gasteiger partial charge in [0.15, 0.2) is 0 Å². The van der Waals surface area contributed by atoms with Crippen LogP contribution in [0.25, 0.3) is 11.1 Å². The van der Waals surface area contributed by atoms with Gasteiger partial charge in [-0.1, -0.05) is 50.2 Å². The van der Waals surface area contributed by atoms with Crippen LogP contribution in [0, 0.1) is 11.3 Å². The smallest absolute Gasteiger partial charge is 0.299 e. The number of carbonyl (C=O) groups is 1. The molecule has 0 radical (unpaired) electrons. The minimum atomic E-state index is -3.00. The van der Waals surface area contributed by atoms with Gasteiger partial charge in [-0.15, -0.1) is 0 Å². The molecule has 3 unspecified atom stereocenters. The number of rotatable bonds is 2. The lowest BCUT2D eigenvalue weighted by molar-refractivity contribution is -0.132. The Labute approximate surface area is 158 Å². The number of piperidine rings is 1. The van der Waals surface area contributed by atoms with Gasteiger partial charge in [0.05, 0.1) is 6.42 Å². The molecule has 0 spiro atoms. The van der Waals surface area contributed by atoms with Gasteiger partial charge in [-0.05, 0) is 47.4 Å². The fourth-order valence-electron chi connectivity index (χ4n) is 5.64. The largest absolute Gasteiger partial charge is 0.336 e.